The maximum absolute atomic E-state index is 13.9. The zero-order valence-corrected chi connectivity index (χ0v) is 14.4. The molecule has 1 aliphatic rings. The molecular weight excluding hydrogens is 319 g/mol. The maximum atomic E-state index is 13.9. The number of nitrogens with zero attached hydrogens (tertiary/aromatic N) is 1. The van der Waals surface area contributed by atoms with Gasteiger partial charge in [0.25, 0.3) is 0 Å². The molecule has 3 rings (SSSR count). The lowest BCUT2D eigenvalue weighted by molar-refractivity contribution is -0.903. The van der Waals surface area contributed by atoms with Gasteiger partial charge in [-0.1, -0.05) is 42.5 Å². The van der Waals surface area contributed by atoms with E-state index in [2.05, 4.69) is 4.90 Å². The Labute approximate surface area is 148 Å². The molecule has 2 aromatic carbocycles. The number of nitrogens with one attached hydrogen (secondary N) is 1. The molecule has 5 heteroatoms. The Morgan fingerprint density at radius 1 is 1.04 bits per heavy atom. The molecule has 0 amide bonds. The van der Waals surface area contributed by atoms with Crippen LogP contribution in [0.15, 0.2) is 54.6 Å². The molecule has 0 radical (unpaired) electrons. The van der Waals surface area contributed by atoms with Gasteiger partial charge in [0.2, 0.25) is 0 Å². The van der Waals surface area contributed by atoms with Crippen LogP contribution < -0.4 is 9.80 Å². The molecule has 0 spiro atoms. The predicted octanol–water partition coefficient (Wildman–Crippen LogP) is 1.11. The molecule has 2 N–H and O–H groups in total. The van der Waals surface area contributed by atoms with Gasteiger partial charge in [-0.3, -0.25) is 0 Å². The van der Waals surface area contributed by atoms with Crippen molar-refractivity contribution in [2.24, 2.45) is 0 Å². The van der Waals surface area contributed by atoms with Crippen molar-refractivity contribution in [3.8, 4) is 0 Å². The minimum Gasteiger partial charge on any atom is -0.385 e. The second kappa shape index (κ2) is 8.94. The van der Waals surface area contributed by atoms with Crippen molar-refractivity contribution in [3.05, 3.63) is 66.0 Å². The molecule has 0 bridgehead atoms. The van der Waals surface area contributed by atoms with Gasteiger partial charge < -0.3 is 19.6 Å². The van der Waals surface area contributed by atoms with Gasteiger partial charge in [-0.05, 0) is 17.7 Å². The number of benzene rings is 2. The van der Waals surface area contributed by atoms with E-state index in [1.54, 1.807) is 6.07 Å². The van der Waals surface area contributed by atoms with Gasteiger partial charge in [-0.25, -0.2) is 4.39 Å². The van der Waals surface area contributed by atoms with E-state index in [9.17, 15) is 9.50 Å². The summed E-state index contributed by atoms with van der Waals surface area (Å²) in [5.74, 6) is -0.166. The highest BCUT2D eigenvalue weighted by molar-refractivity contribution is 5.47. The van der Waals surface area contributed by atoms with Crippen LogP contribution in [0.1, 0.15) is 5.56 Å². The van der Waals surface area contributed by atoms with Crippen LogP contribution in [0.2, 0.25) is 0 Å². The van der Waals surface area contributed by atoms with E-state index in [1.165, 1.54) is 11.0 Å². The fourth-order valence-corrected chi connectivity index (χ4v) is 3.26. The van der Waals surface area contributed by atoms with Gasteiger partial charge in [0.1, 0.15) is 18.5 Å². The average Bonchev–Trinajstić information content (AvgIpc) is 2.64. The highest BCUT2D eigenvalue weighted by Gasteiger charge is 2.23. The van der Waals surface area contributed by atoms with E-state index in [-0.39, 0.29) is 5.82 Å². The van der Waals surface area contributed by atoms with Gasteiger partial charge >= 0.3 is 0 Å². The van der Waals surface area contributed by atoms with Crippen LogP contribution in [-0.4, -0.2) is 50.5 Å². The molecule has 134 valence electrons. The van der Waals surface area contributed by atoms with E-state index in [4.69, 9.17) is 4.74 Å². The molecule has 0 aliphatic carbocycles. The molecule has 1 fully saturated rings. The van der Waals surface area contributed by atoms with E-state index in [0.29, 0.717) is 25.4 Å². The highest BCUT2D eigenvalue weighted by atomic mass is 19.1. The van der Waals surface area contributed by atoms with Crippen molar-refractivity contribution >= 4 is 5.69 Å². The normalized spacial score (nSPS) is 16.8. The first-order valence-corrected chi connectivity index (χ1v) is 8.85. The number of para-hydroxylation sites is 1. The molecule has 1 aliphatic heterocycles. The summed E-state index contributed by atoms with van der Waals surface area (Å²) in [6.07, 6.45) is -0.473. The zero-order chi connectivity index (χ0) is 17.5. The number of halogens is 1. The van der Waals surface area contributed by atoms with Crippen molar-refractivity contribution < 1.29 is 19.1 Å². The van der Waals surface area contributed by atoms with E-state index in [1.807, 2.05) is 42.5 Å². The topological polar surface area (TPSA) is 37.1 Å². The van der Waals surface area contributed by atoms with Crippen molar-refractivity contribution in [3.63, 3.8) is 0 Å². The Bertz CT molecular complexity index is 645. The van der Waals surface area contributed by atoms with Crippen molar-refractivity contribution in [2.75, 3.05) is 44.2 Å². The van der Waals surface area contributed by atoms with Gasteiger partial charge in [0.05, 0.1) is 45.1 Å². The number of rotatable bonds is 7. The number of ether oxygens (including phenoxy) is 1. The Balaban J connectivity index is 1.38. The summed E-state index contributed by atoms with van der Waals surface area (Å²) < 4.78 is 19.5. The molecule has 1 saturated heterocycles. The van der Waals surface area contributed by atoms with Crippen LogP contribution in [0.5, 0.6) is 0 Å². The minimum absolute atomic E-state index is 0.166. The largest absolute Gasteiger partial charge is 0.385 e. The quantitative estimate of drug-likeness (QED) is 0.789. The maximum Gasteiger partial charge on any atom is 0.146 e. The van der Waals surface area contributed by atoms with Crippen LogP contribution in [0.3, 0.4) is 0 Å². The number of hydrogen-bond acceptors (Lipinski definition) is 3. The Morgan fingerprint density at radius 2 is 1.72 bits per heavy atom. The molecule has 1 atom stereocenters. The van der Waals surface area contributed by atoms with E-state index in [0.717, 1.165) is 31.7 Å². The smallest absolute Gasteiger partial charge is 0.146 e. The number of anilines is 1. The second-order valence-corrected chi connectivity index (χ2v) is 6.55. The SMILES string of the molecule is O[C@H](COCc1ccccc1)C[NH+]1CCN(c2ccccc2F)CC1. The molecule has 1 heterocycles. The third kappa shape index (κ3) is 5.26. The standard InChI is InChI=1S/C20H25FN2O2/c21-19-8-4-5-9-20(19)23-12-10-22(11-13-23)14-18(24)16-25-15-17-6-2-1-3-7-17/h1-9,18,24H,10-16H2/p+1/t18-/m0/s1. The average molecular weight is 345 g/mol. The number of aliphatic hydroxyl groups is 1. The van der Waals surface area contributed by atoms with Gasteiger partial charge in [-0.2, -0.15) is 0 Å². The van der Waals surface area contributed by atoms with Gasteiger partial charge in [0.15, 0.2) is 0 Å². The third-order valence-corrected chi connectivity index (χ3v) is 4.61. The van der Waals surface area contributed by atoms with Crippen LogP contribution in [-0.2, 0) is 11.3 Å². The first-order valence-electron chi connectivity index (χ1n) is 8.85. The van der Waals surface area contributed by atoms with E-state index < -0.39 is 6.10 Å². The molecule has 0 saturated carbocycles. The predicted molar refractivity (Wildman–Crippen MR) is 96.3 cm³/mol. The summed E-state index contributed by atoms with van der Waals surface area (Å²) in [4.78, 5) is 3.42. The molecule has 0 unspecified atom stereocenters. The lowest BCUT2D eigenvalue weighted by Crippen LogP contribution is -3.16. The zero-order valence-electron chi connectivity index (χ0n) is 14.4. The number of aliphatic hydroxyl groups excluding tert-OH is 1. The van der Waals surface area contributed by atoms with Crippen molar-refractivity contribution in [1.82, 2.24) is 0 Å². The number of hydrogen-bond donors (Lipinski definition) is 2. The summed E-state index contributed by atoms with van der Waals surface area (Å²) in [6.45, 7) is 4.92. The fraction of sp³-hybridized carbons (Fsp3) is 0.400. The second-order valence-electron chi connectivity index (χ2n) is 6.55. The molecule has 4 nitrogen and oxygen atoms in total. The summed E-state index contributed by atoms with van der Waals surface area (Å²) in [5, 5.41) is 10.2. The number of quaternary nitrogens is 1. The summed E-state index contributed by atoms with van der Waals surface area (Å²) >= 11 is 0. The Hall–Kier alpha value is -1.95. The lowest BCUT2D eigenvalue weighted by atomic mass is 10.2. The number of piperazine rings is 1. The van der Waals surface area contributed by atoms with Gasteiger partial charge in [-0.15, -0.1) is 0 Å². The van der Waals surface area contributed by atoms with Crippen LogP contribution in [0.25, 0.3) is 0 Å². The summed E-state index contributed by atoms with van der Waals surface area (Å²) in [6, 6.07) is 16.9. The summed E-state index contributed by atoms with van der Waals surface area (Å²) in [5.41, 5.74) is 1.79. The van der Waals surface area contributed by atoms with Crippen molar-refractivity contribution in [2.45, 2.75) is 12.7 Å². The van der Waals surface area contributed by atoms with Crippen molar-refractivity contribution in [1.29, 1.82) is 0 Å². The minimum atomic E-state index is -0.473. The molecular formula is C20H26FN2O2+. The first-order chi connectivity index (χ1) is 12.2. The Morgan fingerprint density at radius 3 is 2.44 bits per heavy atom. The fourth-order valence-electron chi connectivity index (χ4n) is 3.26. The Kier molecular flexibility index (Phi) is 6.39. The van der Waals surface area contributed by atoms with Gasteiger partial charge in [0, 0.05) is 0 Å². The molecule has 0 aromatic heterocycles. The first kappa shape index (κ1) is 17.9. The van der Waals surface area contributed by atoms with Crippen LogP contribution >= 0.6 is 0 Å². The highest BCUT2D eigenvalue weighted by Crippen LogP contribution is 2.18. The van der Waals surface area contributed by atoms with Crippen LogP contribution in [0, 0.1) is 5.82 Å². The monoisotopic (exact) mass is 345 g/mol. The molecule has 2 aromatic rings. The molecule has 25 heavy (non-hydrogen) atoms. The van der Waals surface area contributed by atoms with E-state index >= 15 is 0 Å². The third-order valence-electron chi connectivity index (χ3n) is 4.61. The lowest BCUT2D eigenvalue weighted by Gasteiger charge is -2.34. The summed E-state index contributed by atoms with van der Waals surface area (Å²) in [7, 11) is 0. The van der Waals surface area contributed by atoms with Crippen LogP contribution in [0.4, 0.5) is 10.1 Å².